The first kappa shape index (κ1) is 13.6. The van der Waals surface area contributed by atoms with Gasteiger partial charge in [-0.05, 0) is 0 Å². The third kappa shape index (κ3) is 8.24. The lowest BCUT2D eigenvalue weighted by molar-refractivity contribution is -0.173. The van der Waals surface area contributed by atoms with Crippen molar-refractivity contribution in [3.8, 4) is 0 Å². The van der Waals surface area contributed by atoms with Crippen molar-refractivity contribution in [3.05, 3.63) is 0 Å². The zero-order chi connectivity index (χ0) is 11.0. The number of rotatable bonds is 7. The van der Waals surface area contributed by atoms with Crippen molar-refractivity contribution < 1.29 is 28.1 Å². The van der Waals surface area contributed by atoms with Gasteiger partial charge in [0.05, 0.1) is 25.9 Å². The monoisotopic (exact) mass is 217 g/mol. The molecule has 0 aromatic heterocycles. The molecule has 0 fully saturated rings. The van der Waals surface area contributed by atoms with E-state index in [9.17, 15) is 13.2 Å². The van der Waals surface area contributed by atoms with Gasteiger partial charge in [-0.15, -0.1) is 0 Å². The summed E-state index contributed by atoms with van der Waals surface area (Å²) in [5.74, 6) is 0. The lowest BCUT2D eigenvalue weighted by Crippen LogP contribution is -2.38. The van der Waals surface area contributed by atoms with E-state index in [1.165, 1.54) is 0 Å². The van der Waals surface area contributed by atoms with Gasteiger partial charge >= 0.3 is 6.18 Å². The highest BCUT2D eigenvalue weighted by molar-refractivity contribution is 4.62. The Kier molecular flexibility index (Phi) is 6.81. The van der Waals surface area contributed by atoms with Crippen LogP contribution in [0.1, 0.15) is 0 Å². The standard InChI is InChI=1S/C7H14F3NO3/c8-7(9,10)5-14-2-1-11-6(3-12)4-13/h6,11-13H,1-5H2. The number of hydrogen-bond acceptors (Lipinski definition) is 4. The summed E-state index contributed by atoms with van der Waals surface area (Å²) < 4.78 is 38.9. The molecule has 0 bridgehead atoms. The molecule has 0 aliphatic rings. The quantitative estimate of drug-likeness (QED) is 0.503. The zero-order valence-electron chi connectivity index (χ0n) is 7.55. The maximum absolute atomic E-state index is 11.5. The van der Waals surface area contributed by atoms with Crippen LogP contribution in [0.2, 0.25) is 0 Å². The number of alkyl halides is 3. The number of nitrogens with one attached hydrogen (secondary N) is 1. The molecule has 0 saturated carbocycles. The molecule has 0 aromatic carbocycles. The molecule has 0 spiro atoms. The number of ether oxygens (including phenoxy) is 1. The Balaban J connectivity index is 3.29. The minimum absolute atomic E-state index is 0.115. The van der Waals surface area contributed by atoms with Crippen LogP contribution < -0.4 is 5.32 Å². The largest absolute Gasteiger partial charge is 0.411 e. The van der Waals surface area contributed by atoms with Crippen LogP contribution in [0, 0.1) is 0 Å². The van der Waals surface area contributed by atoms with Crippen LogP contribution in [0.25, 0.3) is 0 Å². The van der Waals surface area contributed by atoms with Crippen LogP contribution >= 0.6 is 0 Å². The predicted octanol–water partition coefficient (Wildman–Crippen LogP) is -0.492. The van der Waals surface area contributed by atoms with Gasteiger partial charge in [-0.1, -0.05) is 0 Å². The molecular weight excluding hydrogens is 203 g/mol. The van der Waals surface area contributed by atoms with Crippen molar-refractivity contribution in [1.82, 2.24) is 5.32 Å². The second kappa shape index (κ2) is 6.99. The molecule has 3 N–H and O–H groups in total. The molecule has 7 heteroatoms. The summed E-state index contributed by atoms with van der Waals surface area (Å²) in [6.45, 7) is -1.78. The van der Waals surface area contributed by atoms with E-state index in [1.54, 1.807) is 0 Å². The highest BCUT2D eigenvalue weighted by atomic mass is 19.4. The van der Waals surface area contributed by atoms with Gasteiger partial charge in [0.15, 0.2) is 0 Å². The number of aliphatic hydroxyl groups excluding tert-OH is 2. The first-order chi connectivity index (χ1) is 6.49. The van der Waals surface area contributed by atoms with Crippen molar-refractivity contribution >= 4 is 0 Å². The molecule has 4 nitrogen and oxygen atoms in total. The van der Waals surface area contributed by atoms with Crippen LogP contribution in [0.15, 0.2) is 0 Å². The van der Waals surface area contributed by atoms with E-state index < -0.39 is 18.8 Å². The molecule has 0 atom stereocenters. The van der Waals surface area contributed by atoms with Crippen molar-refractivity contribution in [2.45, 2.75) is 12.2 Å². The summed E-state index contributed by atoms with van der Waals surface area (Å²) >= 11 is 0. The number of hydrogen-bond donors (Lipinski definition) is 3. The van der Waals surface area contributed by atoms with Crippen molar-refractivity contribution in [2.24, 2.45) is 0 Å². The lowest BCUT2D eigenvalue weighted by atomic mass is 10.3. The summed E-state index contributed by atoms with van der Waals surface area (Å²) in [6, 6.07) is -0.510. The Morgan fingerprint density at radius 1 is 1.21 bits per heavy atom. The summed E-state index contributed by atoms with van der Waals surface area (Å²) in [4.78, 5) is 0. The molecular formula is C7H14F3NO3. The van der Waals surface area contributed by atoms with Crippen LogP contribution in [0.3, 0.4) is 0 Å². The first-order valence-corrected chi connectivity index (χ1v) is 4.09. The summed E-state index contributed by atoms with van der Waals surface area (Å²) in [7, 11) is 0. The fourth-order valence-corrected chi connectivity index (χ4v) is 0.710. The van der Waals surface area contributed by atoms with E-state index in [-0.39, 0.29) is 26.4 Å². The van der Waals surface area contributed by atoms with Gasteiger partial charge in [-0.3, -0.25) is 0 Å². The van der Waals surface area contributed by atoms with Crippen molar-refractivity contribution in [2.75, 3.05) is 33.0 Å². The van der Waals surface area contributed by atoms with Crippen LogP contribution in [-0.4, -0.2) is 55.4 Å². The molecule has 86 valence electrons. The van der Waals surface area contributed by atoms with E-state index in [2.05, 4.69) is 10.1 Å². The van der Waals surface area contributed by atoms with Gasteiger partial charge in [0, 0.05) is 6.54 Å². The van der Waals surface area contributed by atoms with Crippen LogP contribution in [-0.2, 0) is 4.74 Å². The SMILES string of the molecule is OCC(CO)NCCOCC(F)(F)F. The molecule has 0 saturated heterocycles. The van der Waals surface area contributed by atoms with Crippen LogP contribution in [0.5, 0.6) is 0 Å². The zero-order valence-corrected chi connectivity index (χ0v) is 7.55. The average Bonchev–Trinajstić information content (AvgIpc) is 2.09. The van der Waals surface area contributed by atoms with Gasteiger partial charge in [-0.25, -0.2) is 0 Å². The summed E-state index contributed by atoms with van der Waals surface area (Å²) in [5, 5.41) is 19.7. The molecule has 0 aliphatic heterocycles. The fourth-order valence-electron chi connectivity index (χ4n) is 0.710. The average molecular weight is 217 g/mol. The Hall–Kier alpha value is -0.370. The second-order valence-corrected chi connectivity index (χ2v) is 2.68. The number of aliphatic hydroxyl groups is 2. The topological polar surface area (TPSA) is 61.7 Å². The number of halogens is 3. The smallest absolute Gasteiger partial charge is 0.395 e. The Labute approximate surface area is 79.7 Å². The highest BCUT2D eigenvalue weighted by Gasteiger charge is 2.27. The van der Waals surface area contributed by atoms with Gasteiger partial charge in [0.25, 0.3) is 0 Å². The molecule has 0 heterocycles. The first-order valence-electron chi connectivity index (χ1n) is 4.09. The normalized spacial score (nSPS) is 12.4. The fraction of sp³-hybridized carbons (Fsp3) is 1.00. The second-order valence-electron chi connectivity index (χ2n) is 2.68. The maximum atomic E-state index is 11.5. The Morgan fingerprint density at radius 2 is 1.79 bits per heavy atom. The van der Waals surface area contributed by atoms with E-state index in [0.29, 0.717) is 0 Å². The Bertz CT molecular complexity index is 139. The van der Waals surface area contributed by atoms with E-state index in [4.69, 9.17) is 10.2 Å². The van der Waals surface area contributed by atoms with E-state index in [1.807, 2.05) is 0 Å². The minimum atomic E-state index is -4.31. The molecule has 0 rings (SSSR count). The van der Waals surface area contributed by atoms with Crippen molar-refractivity contribution in [1.29, 1.82) is 0 Å². The van der Waals surface area contributed by atoms with Crippen molar-refractivity contribution in [3.63, 3.8) is 0 Å². The molecule has 0 aliphatic carbocycles. The van der Waals surface area contributed by atoms with E-state index in [0.717, 1.165) is 0 Å². The molecule has 0 radical (unpaired) electrons. The summed E-state index contributed by atoms with van der Waals surface area (Å²) in [5.41, 5.74) is 0. The Morgan fingerprint density at radius 3 is 2.21 bits per heavy atom. The molecule has 0 amide bonds. The maximum Gasteiger partial charge on any atom is 0.411 e. The summed E-state index contributed by atoms with van der Waals surface area (Å²) in [6.07, 6.45) is -4.31. The third-order valence-electron chi connectivity index (χ3n) is 1.39. The van der Waals surface area contributed by atoms with Gasteiger partial charge in [0.1, 0.15) is 6.61 Å². The van der Waals surface area contributed by atoms with Gasteiger partial charge in [-0.2, -0.15) is 13.2 Å². The lowest BCUT2D eigenvalue weighted by Gasteiger charge is -2.13. The molecule has 14 heavy (non-hydrogen) atoms. The third-order valence-corrected chi connectivity index (χ3v) is 1.39. The van der Waals surface area contributed by atoms with Gasteiger partial charge < -0.3 is 20.3 Å². The van der Waals surface area contributed by atoms with E-state index >= 15 is 0 Å². The van der Waals surface area contributed by atoms with Gasteiger partial charge in [0.2, 0.25) is 0 Å². The highest BCUT2D eigenvalue weighted by Crippen LogP contribution is 2.13. The predicted molar refractivity (Wildman–Crippen MR) is 42.8 cm³/mol. The molecule has 0 unspecified atom stereocenters. The minimum Gasteiger partial charge on any atom is -0.395 e. The molecule has 0 aromatic rings. The van der Waals surface area contributed by atoms with Crippen LogP contribution in [0.4, 0.5) is 13.2 Å².